The molecular weight excluding hydrogens is 355 g/mol. The zero-order valence-corrected chi connectivity index (χ0v) is 15.1. The van der Waals surface area contributed by atoms with E-state index < -0.39 is 11.7 Å². The Kier molecular flexibility index (Phi) is 5.83. The minimum absolute atomic E-state index is 0.422. The molecule has 0 saturated carbocycles. The molecule has 27 heavy (non-hydrogen) atoms. The molecule has 0 atom stereocenters. The molecule has 1 N–H and O–H groups in total. The zero-order chi connectivity index (χ0) is 19.3. The van der Waals surface area contributed by atoms with Gasteiger partial charge in [0.15, 0.2) is 5.96 Å². The molecule has 5 nitrogen and oxygen atoms in total. The molecule has 1 aromatic heterocycles. The van der Waals surface area contributed by atoms with E-state index in [1.54, 1.807) is 13.2 Å². The molecule has 1 saturated heterocycles. The van der Waals surface area contributed by atoms with Crippen LogP contribution >= 0.6 is 0 Å². The Morgan fingerprint density at radius 3 is 2.33 bits per heavy atom. The number of piperazine rings is 1. The molecule has 0 radical (unpaired) electrons. The van der Waals surface area contributed by atoms with Crippen molar-refractivity contribution in [1.29, 1.82) is 0 Å². The minimum Gasteiger partial charge on any atom is -0.353 e. The fourth-order valence-corrected chi connectivity index (χ4v) is 3.01. The van der Waals surface area contributed by atoms with Crippen molar-refractivity contribution >= 4 is 11.8 Å². The van der Waals surface area contributed by atoms with Crippen LogP contribution in [0.5, 0.6) is 0 Å². The number of aliphatic imine (C=N–C) groups is 1. The van der Waals surface area contributed by atoms with Gasteiger partial charge in [0.1, 0.15) is 5.82 Å². The van der Waals surface area contributed by atoms with Crippen LogP contribution in [-0.2, 0) is 12.7 Å². The lowest BCUT2D eigenvalue weighted by atomic mass is 10.1. The topological polar surface area (TPSA) is 43.8 Å². The van der Waals surface area contributed by atoms with Gasteiger partial charge in [0.05, 0.1) is 5.56 Å². The summed E-state index contributed by atoms with van der Waals surface area (Å²) in [5, 5.41) is 3.23. The molecular formula is C19H22F3N5. The van der Waals surface area contributed by atoms with E-state index in [0.717, 1.165) is 55.7 Å². The normalized spacial score (nSPS) is 15.8. The third-order valence-corrected chi connectivity index (χ3v) is 4.50. The summed E-state index contributed by atoms with van der Waals surface area (Å²) in [5.74, 6) is 1.71. The number of hydrogen-bond donors (Lipinski definition) is 1. The lowest BCUT2D eigenvalue weighted by molar-refractivity contribution is -0.137. The van der Waals surface area contributed by atoms with E-state index in [0.29, 0.717) is 6.54 Å². The summed E-state index contributed by atoms with van der Waals surface area (Å²) in [6.07, 6.45) is -2.53. The van der Waals surface area contributed by atoms with Crippen molar-refractivity contribution < 1.29 is 13.2 Å². The summed E-state index contributed by atoms with van der Waals surface area (Å²) in [6.45, 7) is 3.67. The third kappa shape index (κ3) is 4.90. The summed E-state index contributed by atoms with van der Waals surface area (Å²) in [7, 11) is 1.71. The molecule has 0 spiro atoms. The second-order valence-electron chi connectivity index (χ2n) is 6.26. The Morgan fingerprint density at radius 1 is 1.07 bits per heavy atom. The van der Waals surface area contributed by atoms with Gasteiger partial charge in [0.25, 0.3) is 0 Å². The average Bonchev–Trinajstić information content (AvgIpc) is 2.69. The fourth-order valence-electron chi connectivity index (χ4n) is 3.01. The number of pyridine rings is 1. The van der Waals surface area contributed by atoms with Crippen molar-refractivity contribution in [2.45, 2.75) is 12.7 Å². The van der Waals surface area contributed by atoms with Crippen LogP contribution in [0.3, 0.4) is 0 Å². The van der Waals surface area contributed by atoms with Crippen LogP contribution in [0, 0.1) is 0 Å². The standard InChI is InChI=1S/C19H22F3N5/c1-23-18(25-14-15-5-7-16(8-6-15)19(20,21)22)27-12-10-26(11-13-27)17-4-2-3-9-24-17/h2-9H,10-14H2,1H3,(H,23,25). The van der Waals surface area contributed by atoms with Crippen LogP contribution in [0.4, 0.5) is 19.0 Å². The maximum atomic E-state index is 12.6. The van der Waals surface area contributed by atoms with Gasteiger partial charge in [-0.15, -0.1) is 0 Å². The molecule has 8 heteroatoms. The van der Waals surface area contributed by atoms with Gasteiger partial charge in [-0.05, 0) is 29.8 Å². The largest absolute Gasteiger partial charge is 0.416 e. The van der Waals surface area contributed by atoms with Crippen LogP contribution in [-0.4, -0.2) is 49.1 Å². The fraction of sp³-hybridized carbons (Fsp3) is 0.368. The molecule has 1 aliphatic heterocycles. The molecule has 0 unspecified atom stereocenters. The number of hydrogen-bond acceptors (Lipinski definition) is 3. The SMILES string of the molecule is CN=C(NCc1ccc(C(F)(F)F)cc1)N1CCN(c2ccccn2)CC1. The van der Waals surface area contributed by atoms with Crippen molar-refractivity contribution in [3.63, 3.8) is 0 Å². The van der Waals surface area contributed by atoms with Crippen molar-refractivity contribution in [2.24, 2.45) is 4.99 Å². The van der Waals surface area contributed by atoms with E-state index in [2.05, 4.69) is 25.1 Å². The van der Waals surface area contributed by atoms with Gasteiger partial charge in [0, 0.05) is 46.0 Å². The predicted octanol–water partition coefficient (Wildman–Crippen LogP) is 3.00. The van der Waals surface area contributed by atoms with Gasteiger partial charge < -0.3 is 15.1 Å². The first-order valence-corrected chi connectivity index (χ1v) is 8.75. The van der Waals surface area contributed by atoms with Crippen LogP contribution in [0.2, 0.25) is 0 Å². The summed E-state index contributed by atoms with van der Waals surface area (Å²) < 4.78 is 37.9. The third-order valence-electron chi connectivity index (χ3n) is 4.50. The monoisotopic (exact) mass is 377 g/mol. The first-order valence-electron chi connectivity index (χ1n) is 8.75. The molecule has 1 aliphatic rings. The van der Waals surface area contributed by atoms with Crippen molar-refractivity contribution in [2.75, 3.05) is 38.1 Å². The van der Waals surface area contributed by atoms with Crippen LogP contribution in [0.1, 0.15) is 11.1 Å². The van der Waals surface area contributed by atoms with Crippen molar-refractivity contribution in [3.05, 3.63) is 59.8 Å². The minimum atomic E-state index is -4.31. The average molecular weight is 377 g/mol. The lowest BCUT2D eigenvalue weighted by Crippen LogP contribution is -2.52. The van der Waals surface area contributed by atoms with Gasteiger partial charge in [-0.25, -0.2) is 4.98 Å². The maximum Gasteiger partial charge on any atom is 0.416 e. The van der Waals surface area contributed by atoms with Crippen LogP contribution < -0.4 is 10.2 Å². The number of rotatable bonds is 3. The van der Waals surface area contributed by atoms with Gasteiger partial charge in [-0.2, -0.15) is 13.2 Å². The molecule has 0 bridgehead atoms. The Balaban J connectivity index is 1.53. The van der Waals surface area contributed by atoms with E-state index in [4.69, 9.17) is 0 Å². The van der Waals surface area contributed by atoms with Crippen molar-refractivity contribution in [1.82, 2.24) is 15.2 Å². The number of guanidine groups is 1. The molecule has 2 heterocycles. The predicted molar refractivity (Wildman–Crippen MR) is 99.7 cm³/mol. The van der Waals surface area contributed by atoms with E-state index >= 15 is 0 Å². The first kappa shape index (κ1) is 19.0. The Hall–Kier alpha value is -2.77. The highest BCUT2D eigenvalue weighted by Gasteiger charge is 2.30. The van der Waals surface area contributed by atoms with Gasteiger partial charge in [-0.3, -0.25) is 4.99 Å². The van der Waals surface area contributed by atoms with Crippen LogP contribution in [0.15, 0.2) is 53.7 Å². The van der Waals surface area contributed by atoms with Crippen molar-refractivity contribution in [3.8, 4) is 0 Å². The number of alkyl halides is 3. The second-order valence-corrected chi connectivity index (χ2v) is 6.26. The number of benzene rings is 1. The summed E-state index contributed by atoms with van der Waals surface area (Å²) >= 11 is 0. The van der Waals surface area contributed by atoms with Crippen LogP contribution in [0.25, 0.3) is 0 Å². The quantitative estimate of drug-likeness (QED) is 0.660. The lowest BCUT2D eigenvalue weighted by Gasteiger charge is -2.37. The Labute approximate surface area is 156 Å². The molecule has 144 valence electrons. The highest BCUT2D eigenvalue weighted by molar-refractivity contribution is 5.80. The van der Waals surface area contributed by atoms with Gasteiger partial charge in [-0.1, -0.05) is 18.2 Å². The number of nitrogens with zero attached hydrogens (tertiary/aromatic N) is 4. The first-order chi connectivity index (χ1) is 13.0. The zero-order valence-electron chi connectivity index (χ0n) is 15.1. The molecule has 2 aromatic rings. The maximum absolute atomic E-state index is 12.6. The van der Waals surface area contributed by atoms with E-state index in [1.165, 1.54) is 12.1 Å². The number of nitrogens with one attached hydrogen (secondary N) is 1. The van der Waals surface area contributed by atoms with E-state index in [9.17, 15) is 13.2 Å². The van der Waals surface area contributed by atoms with E-state index in [1.807, 2.05) is 18.2 Å². The molecule has 1 aromatic carbocycles. The molecule has 0 aliphatic carbocycles. The summed E-state index contributed by atoms with van der Waals surface area (Å²) in [4.78, 5) is 13.0. The summed E-state index contributed by atoms with van der Waals surface area (Å²) in [5.41, 5.74) is 0.137. The highest BCUT2D eigenvalue weighted by Crippen LogP contribution is 2.29. The Morgan fingerprint density at radius 2 is 1.78 bits per heavy atom. The Bertz CT molecular complexity index is 751. The highest BCUT2D eigenvalue weighted by atomic mass is 19.4. The molecule has 3 rings (SSSR count). The number of halogens is 3. The second kappa shape index (κ2) is 8.28. The van der Waals surface area contributed by atoms with Gasteiger partial charge >= 0.3 is 6.18 Å². The smallest absolute Gasteiger partial charge is 0.353 e. The number of anilines is 1. The number of aromatic nitrogens is 1. The van der Waals surface area contributed by atoms with E-state index in [-0.39, 0.29) is 0 Å². The molecule has 1 fully saturated rings. The van der Waals surface area contributed by atoms with Gasteiger partial charge in [0.2, 0.25) is 0 Å². The summed E-state index contributed by atoms with van der Waals surface area (Å²) in [6, 6.07) is 11.0. The molecule has 0 amide bonds.